The summed E-state index contributed by atoms with van der Waals surface area (Å²) >= 11 is 11.1. The molecule has 1 fully saturated rings. The molecule has 4 nitrogen and oxygen atoms in total. The number of H-pyrrole nitrogens is 1. The van der Waals surface area contributed by atoms with Gasteiger partial charge in [0.2, 0.25) is 0 Å². The lowest BCUT2D eigenvalue weighted by atomic mass is 10.2. The van der Waals surface area contributed by atoms with Crippen LogP contribution in [-0.4, -0.2) is 47.3 Å². The first-order valence-electron chi connectivity index (χ1n) is 6.42. The predicted octanol–water partition coefficient (Wildman–Crippen LogP) is 2.82. The number of nitrogens with one attached hydrogen (secondary N) is 1. The number of aromatic nitrogens is 2. The van der Waals surface area contributed by atoms with E-state index < -0.39 is 5.82 Å². The lowest BCUT2D eigenvalue weighted by Crippen LogP contribution is -2.41. The summed E-state index contributed by atoms with van der Waals surface area (Å²) in [5.74, 6) is -0.441. The van der Waals surface area contributed by atoms with Crippen molar-refractivity contribution in [2.75, 3.05) is 26.7 Å². The number of imidazole rings is 1. The predicted molar refractivity (Wildman–Crippen MR) is 79.3 cm³/mol. The van der Waals surface area contributed by atoms with Crippen LogP contribution in [0.4, 0.5) is 4.39 Å². The normalized spacial score (nSPS) is 20.6. The second-order valence-electron chi connectivity index (χ2n) is 5.08. The minimum absolute atomic E-state index is 0.0539. The van der Waals surface area contributed by atoms with Gasteiger partial charge in [0.1, 0.15) is 5.82 Å². The zero-order valence-corrected chi connectivity index (χ0v) is 12.6. The van der Waals surface area contributed by atoms with E-state index in [0.717, 1.165) is 18.6 Å². The molecular weight excluding hydrogens is 301 g/mol. The molecule has 0 saturated carbocycles. The van der Waals surface area contributed by atoms with Crippen LogP contribution in [0.3, 0.4) is 0 Å². The zero-order chi connectivity index (χ0) is 14.3. The van der Waals surface area contributed by atoms with Crippen molar-refractivity contribution in [3.05, 3.63) is 27.7 Å². The number of benzene rings is 1. The number of fused-ring (bicyclic) bond motifs is 1. The van der Waals surface area contributed by atoms with Gasteiger partial charge in [0.05, 0.1) is 35.3 Å². The van der Waals surface area contributed by atoms with Gasteiger partial charge < -0.3 is 19.2 Å². The molecule has 0 amide bonds. The fourth-order valence-corrected chi connectivity index (χ4v) is 2.96. The van der Waals surface area contributed by atoms with Gasteiger partial charge in [0.25, 0.3) is 0 Å². The maximum absolute atomic E-state index is 13.6. The molecule has 20 heavy (non-hydrogen) atoms. The van der Waals surface area contributed by atoms with E-state index in [1.807, 2.05) is 4.57 Å². The van der Waals surface area contributed by atoms with Crippen molar-refractivity contribution in [1.29, 1.82) is 0 Å². The highest BCUT2D eigenvalue weighted by molar-refractivity contribution is 7.71. The number of nitrogens with zero attached hydrogens (tertiary/aromatic N) is 2. The van der Waals surface area contributed by atoms with E-state index in [-0.39, 0.29) is 11.1 Å². The Morgan fingerprint density at radius 2 is 2.35 bits per heavy atom. The van der Waals surface area contributed by atoms with Gasteiger partial charge in [-0.05, 0) is 25.3 Å². The standard InChI is InChI=1S/C13H15ClFN3OS/c1-17-2-3-19-8(6-17)7-18-12-5-10(15)9(14)4-11(12)16-13(18)20/h4-5,8H,2-3,6-7H2,1H3,(H,16,20). The molecule has 0 radical (unpaired) electrons. The lowest BCUT2D eigenvalue weighted by Gasteiger charge is -2.30. The van der Waals surface area contributed by atoms with Crippen molar-refractivity contribution in [2.45, 2.75) is 12.6 Å². The molecule has 1 aromatic carbocycles. The van der Waals surface area contributed by atoms with Gasteiger partial charge >= 0.3 is 0 Å². The van der Waals surface area contributed by atoms with Crippen LogP contribution in [-0.2, 0) is 11.3 Å². The van der Waals surface area contributed by atoms with Crippen molar-refractivity contribution in [2.24, 2.45) is 0 Å². The van der Waals surface area contributed by atoms with Gasteiger partial charge in [-0.1, -0.05) is 11.6 Å². The quantitative estimate of drug-likeness (QED) is 0.865. The number of ether oxygens (including phenoxy) is 1. The summed E-state index contributed by atoms with van der Waals surface area (Å²) in [6.07, 6.45) is 0.0539. The molecule has 2 aromatic rings. The van der Waals surface area contributed by atoms with Gasteiger partial charge in [-0.3, -0.25) is 0 Å². The van der Waals surface area contributed by atoms with Crippen LogP contribution in [0, 0.1) is 10.6 Å². The maximum atomic E-state index is 13.6. The molecule has 0 spiro atoms. The average molecular weight is 316 g/mol. The number of likely N-dealkylation sites (N-methyl/N-ethyl adjacent to an activating group) is 1. The molecule has 2 heterocycles. The largest absolute Gasteiger partial charge is 0.374 e. The molecule has 1 aliphatic rings. The van der Waals surface area contributed by atoms with Crippen LogP contribution in [0.15, 0.2) is 12.1 Å². The SMILES string of the molecule is CN1CCOC(Cn2c(=S)[nH]c3cc(Cl)c(F)cc32)C1. The molecule has 3 rings (SSSR count). The molecule has 7 heteroatoms. The third-order valence-corrected chi connectivity index (χ3v) is 4.16. The topological polar surface area (TPSA) is 33.2 Å². The zero-order valence-electron chi connectivity index (χ0n) is 11.0. The minimum Gasteiger partial charge on any atom is -0.374 e. The molecule has 1 unspecified atom stereocenters. The summed E-state index contributed by atoms with van der Waals surface area (Å²) in [7, 11) is 2.06. The van der Waals surface area contributed by atoms with E-state index in [9.17, 15) is 4.39 Å². The first kappa shape index (κ1) is 14.0. The van der Waals surface area contributed by atoms with Crippen LogP contribution >= 0.6 is 23.8 Å². The highest BCUT2D eigenvalue weighted by atomic mass is 35.5. The van der Waals surface area contributed by atoms with Gasteiger partial charge in [0, 0.05) is 19.2 Å². The summed E-state index contributed by atoms with van der Waals surface area (Å²) in [5.41, 5.74) is 1.46. The second kappa shape index (κ2) is 5.44. The van der Waals surface area contributed by atoms with Gasteiger partial charge in [0.15, 0.2) is 4.77 Å². The second-order valence-corrected chi connectivity index (χ2v) is 5.87. The number of rotatable bonds is 2. The fraction of sp³-hybridized carbons (Fsp3) is 0.462. The number of halogens is 2. The number of aromatic amines is 1. The highest BCUT2D eigenvalue weighted by Crippen LogP contribution is 2.23. The van der Waals surface area contributed by atoms with Gasteiger partial charge in [-0.2, -0.15) is 0 Å². The van der Waals surface area contributed by atoms with Crippen molar-refractivity contribution in [1.82, 2.24) is 14.5 Å². The van der Waals surface area contributed by atoms with Crippen LogP contribution < -0.4 is 0 Å². The van der Waals surface area contributed by atoms with E-state index in [2.05, 4.69) is 16.9 Å². The Bertz CT molecular complexity index is 699. The van der Waals surface area contributed by atoms with E-state index in [1.165, 1.54) is 6.07 Å². The van der Waals surface area contributed by atoms with Crippen molar-refractivity contribution in [3.8, 4) is 0 Å². The third kappa shape index (κ3) is 2.61. The van der Waals surface area contributed by atoms with Crippen molar-refractivity contribution in [3.63, 3.8) is 0 Å². The van der Waals surface area contributed by atoms with E-state index in [4.69, 9.17) is 28.6 Å². The monoisotopic (exact) mass is 315 g/mol. The van der Waals surface area contributed by atoms with Crippen molar-refractivity contribution < 1.29 is 9.13 Å². The Balaban J connectivity index is 1.96. The maximum Gasteiger partial charge on any atom is 0.178 e. The molecule has 1 aliphatic heterocycles. The third-order valence-electron chi connectivity index (χ3n) is 3.54. The van der Waals surface area contributed by atoms with E-state index in [0.29, 0.717) is 23.4 Å². The molecule has 1 saturated heterocycles. The molecule has 0 aliphatic carbocycles. The van der Waals surface area contributed by atoms with Crippen LogP contribution in [0.5, 0.6) is 0 Å². The fourth-order valence-electron chi connectivity index (χ4n) is 2.51. The lowest BCUT2D eigenvalue weighted by molar-refractivity contribution is -0.0271. The summed E-state index contributed by atoms with van der Waals surface area (Å²) in [6.45, 7) is 3.08. The summed E-state index contributed by atoms with van der Waals surface area (Å²) in [5, 5.41) is 0.0922. The number of morpholine rings is 1. The van der Waals surface area contributed by atoms with Crippen molar-refractivity contribution >= 4 is 34.9 Å². The average Bonchev–Trinajstić information content (AvgIpc) is 2.67. The van der Waals surface area contributed by atoms with Crippen LogP contribution in [0.2, 0.25) is 5.02 Å². The van der Waals surface area contributed by atoms with E-state index >= 15 is 0 Å². The van der Waals surface area contributed by atoms with E-state index in [1.54, 1.807) is 6.07 Å². The van der Waals surface area contributed by atoms with Crippen LogP contribution in [0.1, 0.15) is 0 Å². The molecule has 0 bridgehead atoms. The molecule has 1 aromatic heterocycles. The summed E-state index contributed by atoms with van der Waals surface area (Å²) in [4.78, 5) is 5.27. The van der Waals surface area contributed by atoms with Crippen LogP contribution in [0.25, 0.3) is 11.0 Å². The molecular formula is C13H15ClFN3OS. The number of hydrogen-bond acceptors (Lipinski definition) is 3. The Kier molecular flexibility index (Phi) is 3.81. The highest BCUT2D eigenvalue weighted by Gasteiger charge is 2.20. The van der Waals surface area contributed by atoms with Gasteiger partial charge in [-0.15, -0.1) is 0 Å². The van der Waals surface area contributed by atoms with Gasteiger partial charge in [-0.25, -0.2) is 4.39 Å². The summed E-state index contributed by atoms with van der Waals surface area (Å²) < 4.78 is 21.8. The summed E-state index contributed by atoms with van der Waals surface area (Å²) in [6, 6.07) is 2.98. The molecule has 1 atom stereocenters. The molecule has 108 valence electrons. The Morgan fingerprint density at radius 1 is 1.55 bits per heavy atom. The number of hydrogen-bond donors (Lipinski definition) is 1. The first-order chi connectivity index (χ1) is 9.54. The molecule has 1 N–H and O–H groups in total. The Hall–Kier alpha value is -0.950. The minimum atomic E-state index is -0.441. The first-order valence-corrected chi connectivity index (χ1v) is 7.21. The Morgan fingerprint density at radius 3 is 3.10 bits per heavy atom. The smallest absolute Gasteiger partial charge is 0.178 e. The Labute approximate surface area is 126 Å².